The van der Waals surface area contributed by atoms with Gasteiger partial charge in [-0.1, -0.05) is 45.7 Å². The zero-order valence-corrected chi connectivity index (χ0v) is 34.8. The Bertz CT molecular complexity index is 1490. The van der Waals surface area contributed by atoms with Crippen LogP contribution in [0.1, 0.15) is 97.6 Å². The van der Waals surface area contributed by atoms with E-state index in [4.69, 9.17) is 28.4 Å². The van der Waals surface area contributed by atoms with Crippen LogP contribution in [0.15, 0.2) is 24.3 Å². The van der Waals surface area contributed by atoms with Crippen molar-refractivity contribution in [2.45, 2.75) is 160 Å². The highest BCUT2D eigenvalue weighted by atomic mass is 16.8. The van der Waals surface area contributed by atoms with E-state index in [1.807, 2.05) is 20.8 Å². The van der Waals surface area contributed by atoms with Gasteiger partial charge in [0.2, 0.25) is 18.1 Å². The van der Waals surface area contributed by atoms with Gasteiger partial charge in [0, 0.05) is 44.8 Å². The average molecular weight is 840 g/mol. The molecule has 13 unspecified atom stereocenters. The molecule has 3 heterocycles. The summed E-state index contributed by atoms with van der Waals surface area (Å²) >= 11 is 0. The maximum absolute atomic E-state index is 13.2. The van der Waals surface area contributed by atoms with E-state index < -0.39 is 92.1 Å². The quantitative estimate of drug-likeness (QED) is 0.100. The lowest BCUT2D eigenvalue weighted by Crippen LogP contribution is -2.64. The van der Waals surface area contributed by atoms with Crippen molar-refractivity contribution in [3.8, 4) is 5.75 Å². The zero-order chi connectivity index (χ0) is 43.2. The first-order valence-corrected chi connectivity index (χ1v) is 20.9. The summed E-state index contributed by atoms with van der Waals surface area (Å²) in [7, 11) is 0. The molecular formula is C41H65N3O15. The summed E-state index contributed by atoms with van der Waals surface area (Å²) in [4.78, 5) is 52.2. The largest absolute Gasteiger partial charge is 0.463 e. The first-order valence-electron chi connectivity index (χ1n) is 20.9. The fourth-order valence-corrected chi connectivity index (χ4v) is 7.17. The molecule has 3 saturated heterocycles. The third-order valence-corrected chi connectivity index (χ3v) is 10.9. The molecule has 0 aliphatic carbocycles. The first kappa shape index (κ1) is 48.2. The molecule has 3 aliphatic rings. The number of rotatable bonds is 14. The van der Waals surface area contributed by atoms with Crippen LogP contribution in [0, 0.1) is 5.92 Å². The summed E-state index contributed by atoms with van der Waals surface area (Å²) < 4.78 is 34.5. The summed E-state index contributed by atoms with van der Waals surface area (Å²) in [6.07, 6.45) is -11.4. The lowest BCUT2D eigenvalue weighted by molar-refractivity contribution is -0.355. The van der Waals surface area contributed by atoms with E-state index >= 15 is 0 Å². The molecule has 7 N–H and O–H groups in total. The Labute approximate surface area is 345 Å². The van der Waals surface area contributed by atoms with Gasteiger partial charge in [0.25, 0.3) is 0 Å². The monoisotopic (exact) mass is 839 g/mol. The van der Waals surface area contributed by atoms with Crippen LogP contribution in [0.25, 0.3) is 0 Å². The molecule has 0 aromatic heterocycles. The second-order valence-electron chi connectivity index (χ2n) is 15.7. The smallest absolute Gasteiger partial charge is 0.305 e. The Hall–Kier alpha value is -3.46. The molecule has 4 rings (SSSR count). The van der Waals surface area contributed by atoms with Crippen molar-refractivity contribution >= 4 is 23.8 Å². The fourth-order valence-electron chi connectivity index (χ4n) is 7.17. The van der Waals surface area contributed by atoms with Crippen LogP contribution in [0.2, 0.25) is 0 Å². The number of nitrogens with one attached hydrogen (secondary N) is 2. The van der Waals surface area contributed by atoms with Gasteiger partial charge in [-0.3, -0.25) is 19.2 Å². The van der Waals surface area contributed by atoms with E-state index in [-0.39, 0.29) is 42.9 Å². The third-order valence-electron chi connectivity index (χ3n) is 10.9. The van der Waals surface area contributed by atoms with Crippen LogP contribution >= 0.6 is 0 Å². The molecule has 2 amide bonds. The molecule has 0 saturated carbocycles. The fraction of sp³-hybridized carbons (Fsp3) is 0.756. The van der Waals surface area contributed by atoms with Gasteiger partial charge in [0.15, 0.2) is 12.4 Å². The van der Waals surface area contributed by atoms with Crippen LogP contribution in [-0.4, -0.2) is 154 Å². The third kappa shape index (κ3) is 14.0. The van der Waals surface area contributed by atoms with Crippen molar-refractivity contribution in [3.63, 3.8) is 0 Å². The van der Waals surface area contributed by atoms with Crippen molar-refractivity contribution < 1.29 is 73.1 Å². The average Bonchev–Trinajstić information content (AvgIpc) is 3.22. The topological polar surface area (TPSA) is 252 Å². The molecular weight excluding hydrogens is 774 g/mol. The molecule has 18 nitrogen and oxygen atoms in total. The molecule has 3 aliphatic heterocycles. The maximum Gasteiger partial charge on any atom is 0.305 e. The predicted molar refractivity (Wildman–Crippen MR) is 209 cm³/mol. The number of ether oxygens (including phenoxy) is 6. The number of esters is 2. The molecule has 0 bridgehead atoms. The van der Waals surface area contributed by atoms with Gasteiger partial charge in [-0.15, -0.1) is 0 Å². The minimum atomic E-state index is -1.80. The number of benzene rings is 1. The zero-order valence-electron chi connectivity index (χ0n) is 34.8. The summed E-state index contributed by atoms with van der Waals surface area (Å²) in [6, 6.07) is 6.25. The van der Waals surface area contributed by atoms with Gasteiger partial charge in [-0.25, -0.2) is 0 Å². The predicted octanol–water partition coefficient (Wildman–Crippen LogP) is 0.586. The Kier molecular flexibility index (Phi) is 19.2. The lowest BCUT2D eigenvalue weighted by Gasteiger charge is -2.45. The highest BCUT2D eigenvalue weighted by molar-refractivity contribution is 5.78. The minimum absolute atomic E-state index is 0.0320. The Morgan fingerprint density at radius 3 is 2.34 bits per heavy atom. The number of carbonyl (C=O) groups excluding carboxylic acids is 4. The van der Waals surface area contributed by atoms with E-state index in [2.05, 4.69) is 10.6 Å². The summed E-state index contributed by atoms with van der Waals surface area (Å²) in [5.41, 5.74) is 0.726. The normalized spacial score (nSPS) is 33.0. The highest BCUT2D eigenvalue weighted by Gasteiger charge is 2.51. The van der Waals surface area contributed by atoms with E-state index in [1.165, 1.54) is 13.8 Å². The molecule has 1 aromatic carbocycles. The maximum atomic E-state index is 13.2. The van der Waals surface area contributed by atoms with Gasteiger partial charge in [-0.2, -0.15) is 0 Å². The van der Waals surface area contributed by atoms with E-state index in [0.29, 0.717) is 45.3 Å². The molecule has 0 spiro atoms. The molecule has 1 aromatic rings. The van der Waals surface area contributed by atoms with E-state index in [1.54, 1.807) is 29.2 Å². The molecule has 13 atom stereocenters. The van der Waals surface area contributed by atoms with Crippen molar-refractivity contribution in [3.05, 3.63) is 29.8 Å². The van der Waals surface area contributed by atoms with Gasteiger partial charge < -0.3 is 69.5 Å². The minimum Gasteiger partial charge on any atom is -0.463 e. The number of carbonyl (C=O) groups is 4. The Morgan fingerprint density at radius 2 is 1.66 bits per heavy atom. The molecule has 59 heavy (non-hydrogen) atoms. The first-order chi connectivity index (χ1) is 28.1. The summed E-state index contributed by atoms with van der Waals surface area (Å²) in [5.74, 6) is -1.15. The lowest BCUT2D eigenvalue weighted by atomic mass is 9.97. The molecule has 334 valence electrons. The number of unbranched alkanes of at least 4 members (excludes halogenated alkanes) is 2. The van der Waals surface area contributed by atoms with E-state index in [0.717, 1.165) is 18.4 Å². The van der Waals surface area contributed by atoms with Crippen LogP contribution in [0.4, 0.5) is 0 Å². The van der Waals surface area contributed by atoms with Crippen LogP contribution in [0.3, 0.4) is 0 Å². The Balaban J connectivity index is 1.46. The Morgan fingerprint density at radius 1 is 0.932 bits per heavy atom. The molecule has 3 fully saturated rings. The number of aliphatic hydroxyl groups is 5. The van der Waals surface area contributed by atoms with Gasteiger partial charge in [0.1, 0.15) is 55.1 Å². The summed E-state index contributed by atoms with van der Waals surface area (Å²) in [6.45, 7) is 9.55. The van der Waals surface area contributed by atoms with Crippen LogP contribution < -0.4 is 15.4 Å². The van der Waals surface area contributed by atoms with Gasteiger partial charge in [-0.05, 0) is 56.8 Å². The number of hydrogen-bond donors (Lipinski definition) is 7. The standard InChI is InChI=1S/C41H65N3O15/c1-6-8-9-11-32(47)54-22-30-34(49)35(50)37(52)40(58-30)59-38-36(51)33(48)24(4)55-41(38)57-27-14-12-26(13-15-27)29-20-31(46)43-17-10-19-44(39(53)23(3)7-2)21-28(16-18-42-29)56-25(5)45/h12-15,23-24,28-30,33-38,40-42,48-52H,6-11,16-22H2,1-5H3,(H,43,46). The second-order valence-corrected chi connectivity index (χ2v) is 15.7. The SMILES string of the molecule is CCCCCC(=O)OCC1OC(OC2C(Oc3ccc(C4CC(=O)NCCCN(C(=O)C(C)CC)CC(OC(C)=O)CCN4)cc3)OC(C)C(O)C2O)C(O)C(O)C1O. The van der Waals surface area contributed by atoms with E-state index in [9.17, 15) is 44.7 Å². The second kappa shape index (κ2) is 23.5. The highest BCUT2D eigenvalue weighted by Crippen LogP contribution is 2.31. The summed E-state index contributed by atoms with van der Waals surface area (Å²) in [5, 5.41) is 60.1. The number of nitrogens with zero attached hydrogens (tertiary/aromatic N) is 1. The molecule has 18 heteroatoms. The van der Waals surface area contributed by atoms with Crippen molar-refractivity contribution in [2.24, 2.45) is 5.92 Å². The number of aliphatic hydroxyl groups excluding tert-OH is 5. The van der Waals surface area contributed by atoms with Crippen molar-refractivity contribution in [1.29, 1.82) is 0 Å². The number of hydrogen-bond acceptors (Lipinski definition) is 16. The van der Waals surface area contributed by atoms with Crippen LogP contribution in [-0.2, 0) is 42.9 Å². The van der Waals surface area contributed by atoms with Crippen molar-refractivity contribution in [2.75, 3.05) is 32.8 Å². The molecule has 0 radical (unpaired) electrons. The van der Waals surface area contributed by atoms with Crippen LogP contribution in [0.5, 0.6) is 5.75 Å². The van der Waals surface area contributed by atoms with Crippen molar-refractivity contribution in [1.82, 2.24) is 15.5 Å². The van der Waals surface area contributed by atoms with Gasteiger partial charge >= 0.3 is 11.9 Å². The number of amides is 2. The van der Waals surface area contributed by atoms with Gasteiger partial charge in [0.05, 0.1) is 12.6 Å².